The van der Waals surface area contributed by atoms with Crippen LogP contribution in [0.3, 0.4) is 0 Å². The highest BCUT2D eigenvalue weighted by Crippen LogP contribution is 2.35. The van der Waals surface area contributed by atoms with Gasteiger partial charge < -0.3 is 14.2 Å². The Labute approximate surface area is 109 Å². The molecule has 0 aliphatic carbocycles. The third kappa shape index (κ3) is 3.16. The molecule has 1 aromatic carbocycles. The van der Waals surface area contributed by atoms with Gasteiger partial charge in [0.2, 0.25) is 6.79 Å². The van der Waals surface area contributed by atoms with Gasteiger partial charge in [0.1, 0.15) is 0 Å². The van der Waals surface area contributed by atoms with Crippen LogP contribution in [0.1, 0.15) is 44.2 Å². The van der Waals surface area contributed by atoms with Crippen LogP contribution >= 0.6 is 0 Å². The van der Waals surface area contributed by atoms with Crippen molar-refractivity contribution in [2.45, 2.75) is 46.1 Å². The number of hydrogen-bond acceptors (Lipinski definition) is 3. The minimum absolute atomic E-state index is 0.334. The largest absolute Gasteiger partial charge is 0.454 e. The second-order valence-corrected chi connectivity index (χ2v) is 4.63. The molecule has 0 bridgehead atoms. The van der Waals surface area contributed by atoms with Crippen LogP contribution in [-0.4, -0.2) is 13.4 Å². The average Bonchev–Trinajstić information content (AvgIpc) is 2.82. The molecule has 0 spiro atoms. The van der Waals surface area contributed by atoms with Gasteiger partial charge in [-0.05, 0) is 36.1 Å². The summed E-state index contributed by atoms with van der Waals surface area (Å²) in [4.78, 5) is 0. The van der Waals surface area contributed by atoms with Gasteiger partial charge >= 0.3 is 0 Å². The molecule has 0 saturated heterocycles. The number of aryl methyl sites for hydroxylation is 1. The Bertz CT molecular complexity index is 388. The van der Waals surface area contributed by atoms with E-state index in [4.69, 9.17) is 14.2 Å². The molecule has 2 rings (SSSR count). The highest BCUT2D eigenvalue weighted by atomic mass is 16.7. The van der Waals surface area contributed by atoms with Crippen LogP contribution < -0.4 is 9.47 Å². The van der Waals surface area contributed by atoms with E-state index in [1.807, 2.05) is 0 Å². The van der Waals surface area contributed by atoms with Gasteiger partial charge in [-0.3, -0.25) is 0 Å². The number of unbranched alkanes of at least 4 members (excludes halogenated alkanes) is 1. The summed E-state index contributed by atoms with van der Waals surface area (Å²) in [6.07, 6.45) is 4.47. The van der Waals surface area contributed by atoms with Gasteiger partial charge in [-0.2, -0.15) is 0 Å². The SMILES string of the molecule is CCCCOCc1cc2c(cc1CCC)OCO2. The second-order valence-electron chi connectivity index (χ2n) is 4.63. The minimum Gasteiger partial charge on any atom is -0.454 e. The summed E-state index contributed by atoms with van der Waals surface area (Å²) in [5.41, 5.74) is 2.55. The molecule has 0 fully saturated rings. The molecule has 0 radical (unpaired) electrons. The minimum atomic E-state index is 0.334. The third-order valence-corrected chi connectivity index (χ3v) is 3.11. The maximum atomic E-state index is 5.71. The second kappa shape index (κ2) is 6.64. The zero-order valence-electron chi connectivity index (χ0n) is 11.3. The number of fused-ring (bicyclic) bond motifs is 1. The van der Waals surface area contributed by atoms with Gasteiger partial charge in [0, 0.05) is 6.61 Å². The molecular formula is C15H22O3. The molecule has 1 aromatic rings. The van der Waals surface area contributed by atoms with Crippen LogP contribution in [0.4, 0.5) is 0 Å². The van der Waals surface area contributed by atoms with Crippen molar-refractivity contribution in [2.24, 2.45) is 0 Å². The molecule has 3 nitrogen and oxygen atoms in total. The Hall–Kier alpha value is -1.22. The van der Waals surface area contributed by atoms with E-state index in [-0.39, 0.29) is 0 Å². The van der Waals surface area contributed by atoms with E-state index in [1.54, 1.807) is 0 Å². The summed E-state index contributed by atoms with van der Waals surface area (Å²) in [5.74, 6) is 1.72. The molecule has 100 valence electrons. The zero-order valence-corrected chi connectivity index (χ0v) is 11.3. The molecule has 1 heterocycles. The number of rotatable bonds is 7. The molecule has 3 heteroatoms. The maximum Gasteiger partial charge on any atom is 0.231 e. The van der Waals surface area contributed by atoms with E-state index in [0.29, 0.717) is 13.4 Å². The summed E-state index contributed by atoms with van der Waals surface area (Å²) < 4.78 is 16.6. The number of ether oxygens (including phenoxy) is 3. The average molecular weight is 250 g/mol. The van der Waals surface area contributed by atoms with E-state index in [9.17, 15) is 0 Å². The molecular weight excluding hydrogens is 228 g/mol. The lowest BCUT2D eigenvalue weighted by atomic mass is 10.0. The molecule has 0 unspecified atom stereocenters. The Kier molecular flexibility index (Phi) is 4.88. The first-order valence-electron chi connectivity index (χ1n) is 6.84. The van der Waals surface area contributed by atoms with Crippen molar-refractivity contribution in [1.82, 2.24) is 0 Å². The Morgan fingerprint density at radius 2 is 1.78 bits per heavy atom. The summed E-state index contributed by atoms with van der Waals surface area (Å²) in [7, 11) is 0. The van der Waals surface area contributed by atoms with Crippen LogP contribution in [-0.2, 0) is 17.8 Å². The van der Waals surface area contributed by atoms with Crippen LogP contribution in [0.2, 0.25) is 0 Å². The first-order valence-corrected chi connectivity index (χ1v) is 6.84. The van der Waals surface area contributed by atoms with E-state index < -0.39 is 0 Å². The first-order chi connectivity index (χ1) is 8.85. The fraction of sp³-hybridized carbons (Fsp3) is 0.600. The summed E-state index contributed by atoms with van der Waals surface area (Å²) in [6.45, 7) is 6.20. The molecule has 0 N–H and O–H groups in total. The summed E-state index contributed by atoms with van der Waals surface area (Å²) in [5, 5.41) is 0. The van der Waals surface area contributed by atoms with Crippen molar-refractivity contribution in [3.8, 4) is 11.5 Å². The third-order valence-electron chi connectivity index (χ3n) is 3.11. The fourth-order valence-electron chi connectivity index (χ4n) is 2.09. The van der Waals surface area contributed by atoms with E-state index in [2.05, 4.69) is 26.0 Å². The van der Waals surface area contributed by atoms with Crippen LogP contribution in [0.5, 0.6) is 11.5 Å². The van der Waals surface area contributed by atoms with Gasteiger partial charge in [-0.25, -0.2) is 0 Å². The van der Waals surface area contributed by atoms with Gasteiger partial charge in [-0.15, -0.1) is 0 Å². The lowest BCUT2D eigenvalue weighted by Gasteiger charge is -2.11. The van der Waals surface area contributed by atoms with Crippen molar-refractivity contribution >= 4 is 0 Å². The van der Waals surface area contributed by atoms with Crippen molar-refractivity contribution in [2.75, 3.05) is 13.4 Å². The smallest absolute Gasteiger partial charge is 0.231 e. The van der Waals surface area contributed by atoms with Crippen molar-refractivity contribution in [3.63, 3.8) is 0 Å². The molecule has 1 aliphatic rings. The molecule has 0 saturated carbocycles. The lowest BCUT2D eigenvalue weighted by molar-refractivity contribution is 0.117. The van der Waals surface area contributed by atoms with E-state index >= 15 is 0 Å². The molecule has 0 amide bonds. The predicted octanol–water partition coefficient (Wildman–Crippen LogP) is 3.68. The highest BCUT2D eigenvalue weighted by Gasteiger charge is 2.16. The number of benzene rings is 1. The topological polar surface area (TPSA) is 27.7 Å². The Morgan fingerprint density at radius 1 is 1.06 bits per heavy atom. The Balaban J connectivity index is 2.06. The van der Waals surface area contributed by atoms with Gasteiger partial charge in [0.15, 0.2) is 11.5 Å². The normalized spacial score (nSPS) is 13.0. The van der Waals surface area contributed by atoms with E-state index in [1.165, 1.54) is 17.5 Å². The first kappa shape index (κ1) is 13.2. The lowest BCUT2D eigenvalue weighted by Crippen LogP contribution is -2.00. The predicted molar refractivity (Wildman–Crippen MR) is 71.1 cm³/mol. The van der Waals surface area contributed by atoms with Crippen LogP contribution in [0, 0.1) is 0 Å². The van der Waals surface area contributed by atoms with Crippen LogP contribution in [0.25, 0.3) is 0 Å². The van der Waals surface area contributed by atoms with Gasteiger partial charge in [0.05, 0.1) is 6.61 Å². The van der Waals surface area contributed by atoms with Crippen molar-refractivity contribution in [3.05, 3.63) is 23.3 Å². The van der Waals surface area contributed by atoms with Gasteiger partial charge in [-0.1, -0.05) is 26.7 Å². The summed E-state index contributed by atoms with van der Waals surface area (Å²) >= 11 is 0. The standard InChI is InChI=1S/C15H22O3/c1-3-5-7-16-10-13-9-15-14(17-11-18-15)8-12(13)6-4-2/h8-9H,3-7,10-11H2,1-2H3. The molecule has 0 atom stereocenters. The molecule has 0 aromatic heterocycles. The van der Waals surface area contributed by atoms with Crippen molar-refractivity contribution in [1.29, 1.82) is 0 Å². The summed E-state index contributed by atoms with van der Waals surface area (Å²) in [6, 6.07) is 4.17. The Morgan fingerprint density at radius 3 is 2.44 bits per heavy atom. The van der Waals surface area contributed by atoms with Crippen molar-refractivity contribution < 1.29 is 14.2 Å². The van der Waals surface area contributed by atoms with Gasteiger partial charge in [0.25, 0.3) is 0 Å². The highest BCUT2D eigenvalue weighted by molar-refractivity contribution is 5.48. The van der Waals surface area contributed by atoms with Crippen LogP contribution in [0.15, 0.2) is 12.1 Å². The monoisotopic (exact) mass is 250 g/mol. The maximum absolute atomic E-state index is 5.71. The quantitative estimate of drug-likeness (QED) is 0.691. The fourth-order valence-corrected chi connectivity index (χ4v) is 2.09. The molecule has 18 heavy (non-hydrogen) atoms. The molecule has 1 aliphatic heterocycles. The number of hydrogen-bond donors (Lipinski definition) is 0. The zero-order chi connectivity index (χ0) is 12.8. The van der Waals surface area contributed by atoms with E-state index in [0.717, 1.165) is 37.4 Å².